The molecule has 1 atom stereocenters. The van der Waals surface area contributed by atoms with Crippen molar-refractivity contribution in [2.45, 2.75) is 11.1 Å². The maximum Gasteiger partial charge on any atom is 0.273 e. The molecule has 0 aliphatic heterocycles. The van der Waals surface area contributed by atoms with Crippen molar-refractivity contribution < 1.29 is 9.72 Å². The largest absolute Gasteiger partial charge is 0.293 e. The monoisotopic (exact) mass is 468 g/mol. The van der Waals surface area contributed by atoms with Crippen LogP contribution in [-0.2, 0) is 0 Å². The zero-order valence-corrected chi connectivity index (χ0v) is 17.5. The number of nitrogens with zero attached hydrogens (tertiary/aromatic N) is 4. The minimum Gasteiger partial charge on any atom is -0.293 e. The van der Waals surface area contributed by atoms with Crippen LogP contribution < -0.4 is 0 Å². The number of halogens is 1. The van der Waals surface area contributed by atoms with Gasteiger partial charge in [0.25, 0.3) is 5.69 Å². The number of Topliss-reactive ketones (excluding diaryl/α,β-unsaturated/α-hetero) is 1. The first-order valence-corrected chi connectivity index (χ1v) is 10.3. The van der Waals surface area contributed by atoms with Crippen molar-refractivity contribution in [1.82, 2.24) is 9.97 Å². The quantitative estimate of drug-likeness (QED) is 0.119. The molecule has 1 aromatic heterocycles. The normalized spacial score (nSPS) is 11.5. The topological polar surface area (TPSA) is 90.3 Å². The number of benzene rings is 2. The predicted octanol–water partition coefficient (Wildman–Crippen LogP) is 5.43. The molecule has 0 saturated heterocycles. The Labute approximate surface area is 179 Å². The highest BCUT2D eigenvalue weighted by molar-refractivity contribution is 9.10. The van der Waals surface area contributed by atoms with Crippen molar-refractivity contribution in [2.75, 3.05) is 6.26 Å². The molecule has 0 N–H and O–H groups in total. The molecule has 1 unspecified atom stereocenters. The van der Waals surface area contributed by atoms with Gasteiger partial charge in [-0.15, -0.1) is 0 Å². The number of nitro groups is 1. The molecule has 1 heterocycles. The van der Waals surface area contributed by atoms with E-state index in [1.807, 2.05) is 0 Å². The molecule has 0 bridgehead atoms. The highest BCUT2D eigenvalue weighted by Crippen LogP contribution is 2.36. The Morgan fingerprint density at radius 1 is 1.24 bits per heavy atom. The lowest BCUT2D eigenvalue weighted by molar-refractivity contribution is -0.385. The Hall–Kier alpha value is -3.09. The first-order chi connectivity index (χ1) is 13.9. The second-order valence-electron chi connectivity index (χ2n) is 5.88. The van der Waals surface area contributed by atoms with Crippen LogP contribution in [0.1, 0.15) is 27.5 Å². The highest BCUT2D eigenvalue weighted by atomic mass is 79.9. The number of carbonyl (C=O) groups is 1. The van der Waals surface area contributed by atoms with E-state index in [2.05, 4.69) is 30.7 Å². The van der Waals surface area contributed by atoms with Crippen molar-refractivity contribution in [1.29, 1.82) is 0 Å². The van der Waals surface area contributed by atoms with E-state index in [0.29, 0.717) is 26.6 Å². The molecular formula is C20H13BrN4O3S. The van der Waals surface area contributed by atoms with Crippen LogP contribution in [-0.4, -0.2) is 26.9 Å². The number of aromatic nitrogens is 2. The van der Waals surface area contributed by atoms with Crippen molar-refractivity contribution >= 4 is 44.8 Å². The minimum absolute atomic E-state index is 0.173. The van der Waals surface area contributed by atoms with Crippen LogP contribution >= 0.6 is 27.7 Å². The number of rotatable bonds is 6. The first kappa shape index (κ1) is 20.6. The summed E-state index contributed by atoms with van der Waals surface area (Å²) in [7, 11) is 0. The number of hydrogen-bond acceptors (Lipinski definition) is 6. The molecule has 7 nitrogen and oxygen atoms in total. The van der Waals surface area contributed by atoms with Crippen LogP contribution in [0, 0.1) is 16.7 Å². The van der Waals surface area contributed by atoms with Crippen molar-refractivity contribution in [2.24, 2.45) is 0 Å². The van der Waals surface area contributed by atoms with Gasteiger partial charge in [0.15, 0.2) is 16.6 Å². The standard InChI is InChI=1S/C20H13BrN4O3S/c1-22-14-6-3-12(4-7-14)19(26)18(16-9-10-23-20(24-16)29-2)15-11-13(21)5-8-17(15)25(27)28/h3-11,18H,2H3. The second-order valence-corrected chi connectivity index (χ2v) is 7.57. The Bertz CT molecular complexity index is 1130. The molecule has 3 rings (SSSR count). The molecule has 0 aliphatic carbocycles. The molecule has 2 aromatic carbocycles. The molecular weight excluding hydrogens is 456 g/mol. The van der Waals surface area contributed by atoms with Crippen LogP contribution in [0.5, 0.6) is 0 Å². The van der Waals surface area contributed by atoms with Gasteiger partial charge in [0.05, 0.1) is 23.1 Å². The summed E-state index contributed by atoms with van der Waals surface area (Å²) in [5.74, 6) is -1.35. The SMILES string of the molecule is [C-]#[N+]c1ccc(C(=O)C(c2ccnc(SC)n2)c2cc(Br)ccc2[N+](=O)[O-])cc1. The van der Waals surface area contributed by atoms with Gasteiger partial charge in [-0.05, 0) is 24.5 Å². The first-order valence-electron chi connectivity index (χ1n) is 8.27. The van der Waals surface area contributed by atoms with Crippen LogP contribution in [0.4, 0.5) is 11.4 Å². The van der Waals surface area contributed by atoms with E-state index >= 15 is 0 Å². The molecule has 3 aromatic rings. The highest BCUT2D eigenvalue weighted by Gasteiger charge is 2.32. The lowest BCUT2D eigenvalue weighted by Gasteiger charge is -2.17. The van der Waals surface area contributed by atoms with Gasteiger partial charge < -0.3 is 0 Å². The molecule has 0 aliphatic rings. The fourth-order valence-electron chi connectivity index (χ4n) is 2.84. The maximum absolute atomic E-state index is 13.4. The molecule has 29 heavy (non-hydrogen) atoms. The van der Waals surface area contributed by atoms with Gasteiger partial charge in [0, 0.05) is 27.9 Å². The Morgan fingerprint density at radius 3 is 2.59 bits per heavy atom. The van der Waals surface area contributed by atoms with Crippen LogP contribution in [0.2, 0.25) is 0 Å². The van der Waals surface area contributed by atoms with E-state index in [0.717, 1.165) is 0 Å². The molecule has 0 radical (unpaired) electrons. The third kappa shape index (κ3) is 4.50. The smallest absolute Gasteiger partial charge is 0.273 e. The maximum atomic E-state index is 13.4. The van der Waals surface area contributed by atoms with E-state index in [1.54, 1.807) is 48.7 Å². The summed E-state index contributed by atoms with van der Waals surface area (Å²) in [5, 5.41) is 12.1. The zero-order chi connectivity index (χ0) is 21.0. The van der Waals surface area contributed by atoms with Crippen molar-refractivity contribution in [3.8, 4) is 0 Å². The Kier molecular flexibility index (Phi) is 6.36. The Balaban J connectivity index is 2.22. The van der Waals surface area contributed by atoms with Crippen molar-refractivity contribution in [3.63, 3.8) is 0 Å². The van der Waals surface area contributed by atoms with Gasteiger partial charge in [-0.25, -0.2) is 14.8 Å². The average Bonchev–Trinajstić information content (AvgIpc) is 2.74. The predicted molar refractivity (Wildman–Crippen MR) is 113 cm³/mol. The summed E-state index contributed by atoms with van der Waals surface area (Å²) in [5.41, 5.74) is 1.16. The Morgan fingerprint density at radius 2 is 1.97 bits per heavy atom. The van der Waals surface area contributed by atoms with Crippen LogP contribution in [0.3, 0.4) is 0 Å². The third-order valence-electron chi connectivity index (χ3n) is 4.17. The molecule has 9 heteroatoms. The summed E-state index contributed by atoms with van der Waals surface area (Å²) in [6, 6.07) is 12.2. The summed E-state index contributed by atoms with van der Waals surface area (Å²) in [6.07, 6.45) is 3.33. The van der Waals surface area contributed by atoms with Crippen LogP contribution in [0.15, 0.2) is 64.4 Å². The molecule has 144 valence electrons. The van der Waals surface area contributed by atoms with Gasteiger partial charge >= 0.3 is 0 Å². The van der Waals surface area contributed by atoms with Gasteiger partial charge in [-0.2, -0.15) is 0 Å². The fraction of sp³-hybridized carbons (Fsp3) is 0.100. The number of ketones is 1. The van der Waals surface area contributed by atoms with E-state index in [1.165, 1.54) is 24.0 Å². The van der Waals surface area contributed by atoms with Gasteiger partial charge in [0.2, 0.25) is 0 Å². The minimum atomic E-state index is -0.999. The number of thioether (sulfide) groups is 1. The van der Waals surface area contributed by atoms with E-state index in [9.17, 15) is 14.9 Å². The van der Waals surface area contributed by atoms with E-state index in [4.69, 9.17) is 6.57 Å². The third-order valence-corrected chi connectivity index (χ3v) is 5.23. The summed E-state index contributed by atoms with van der Waals surface area (Å²) >= 11 is 4.65. The van der Waals surface area contributed by atoms with Crippen LogP contribution in [0.25, 0.3) is 4.85 Å². The fourth-order valence-corrected chi connectivity index (χ4v) is 3.58. The van der Waals surface area contributed by atoms with E-state index in [-0.39, 0.29) is 17.0 Å². The van der Waals surface area contributed by atoms with Gasteiger partial charge in [-0.1, -0.05) is 52.0 Å². The average molecular weight is 469 g/mol. The second kappa shape index (κ2) is 8.94. The molecule has 0 spiro atoms. The number of carbonyl (C=O) groups excluding carboxylic acids is 1. The van der Waals surface area contributed by atoms with Gasteiger partial charge in [0.1, 0.15) is 0 Å². The van der Waals surface area contributed by atoms with Crippen molar-refractivity contribution in [3.05, 3.63) is 97.6 Å². The number of nitro benzene ring substituents is 1. The zero-order valence-electron chi connectivity index (χ0n) is 15.1. The lowest BCUT2D eigenvalue weighted by atomic mass is 9.86. The lowest BCUT2D eigenvalue weighted by Crippen LogP contribution is -2.18. The number of hydrogen-bond donors (Lipinski definition) is 0. The molecule has 0 saturated carbocycles. The summed E-state index contributed by atoms with van der Waals surface area (Å²) in [6.45, 7) is 7.06. The summed E-state index contributed by atoms with van der Waals surface area (Å²) < 4.78 is 0.610. The van der Waals surface area contributed by atoms with Gasteiger partial charge in [-0.3, -0.25) is 14.9 Å². The summed E-state index contributed by atoms with van der Waals surface area (Å²) in [4.78, 5) is 36.5. The molecule has 0 amide bonds. The molecule has 0 fully saturated rings. The van der Waals surface area contributed by atoms with E-state index < -0.39 is 10.8 Å².